The first-order valence-electron chi connectivity index (χ1n) is 13.9. The van der Waals surface area contributed by atoms with Crippen molar-refractivity contribution in [2.45, 2.75) is 149 Å². The van der Waals surface area contributed by atoms with Crippen LogP contribution in [0.15, 0.2) is 18.2 Å². The van der Waals surface area contributed by atoms with Crippen molar-refractivity contribution in [3.05, 3.63) is 29.3 Å². The van der Waals surface area contributed by atoms with Crippen molar-refractivity contribution in [3.63, 3.8) is 0 Å². The van der Waals surface area contributed by atoms with E-state index >= 15 is 0 Å². The number of hydrogen-bond donors (Lipinski definition) is 1. The third-order valence-corrected chi connectivity index (χ3v) is 6.34. The maximum absolute atomic E-state index is 10.3. The van der Waals surface area contributed by atoms with E-state index in [1.54, 1.807) is 0 Å². The molecule has 1 aromatic rings. The van der Waals surface area contributed by atoms with Crippen molar-refractivity contribution in [2.24, 2.45) is 0 Å². The fourth-order valence-corrected chi connectivity index (χ4v) is 4.18. The highest BCUT2D eigenvalue weighted by Gasteiger charge is 2.24. The molecule has 198 valence electrons. The zero-order chi connectivity index (χ0) is 25.9. The Labute approximate surface area is 212 Å². The van der Waals surface area contributed by atoms with Gasteiger partial charge in [-0.25, -0.2) is 0 Å². The van der Waals surface area contributed by atoms with Gasteiger partial charge in [0.25, 0.3) is 6.47 Å². The summed E-state index contributed by atoms with van der Waals surface area (Å²) in [6, 6.07) is 6.04. The van der Waals surface area contributed by atoms with Crippen LogP contribution in [0.25, 0.3) is 0 Å². The first-order chi connectivity index (χ1) is 16.1. The summed E-state index contributed by atoms with van der Waals surface area (Å²) in [6.07, 6.45) is 19.0. The van der Waals surface area contributed by atoms with Crippen molar-refractivity contribution in [1.29, 1.82) is 0 Å². The molecule has 34 heavy (non-hydrogen) atoms. The van der Waals surface area contributed by atoms with Crippen LogP contribution in [0.5, 0.6) is 5.75 Å². The van der Waals surface area contributed by atoms with E-state index in [1.165, 1.54) is 83.5 Å². The third-order valence-electron chi connectivity index (χ3n) is 6.34. The van der Waals surface area contributed by atoms with Crippen LogP contribution in [0, 0.1) is 0 Å². The highest BCUT2D eigenvalue weighted by Crippen LogP contribution is 2.38. The molecule has 0 aliphatic rings. The van der Waals surface area contributed by atoms with Crippen LogP contribution < -0.4 is 0 Å². The molecule has 0 saturated heterocycles. The summed E-state index contributed by atoms with van der Waals surface area (Å²) in [6.45, 7) is 16.1. The monoisotopic (exact) mass is 476 g/mol. The first-order valence-corrected chi connectivity index (χ1v) is 13.9. The van der Waals surface area contributed by atoms with Crippen LogP contribution in [0.2, 0.25) is 0 Å². The standard InChI is InChI=1S/C17H34O2.C14H22O/c1-2-3-4-5-6-7-8-9-10-11-12-13-14-15-16-19-17-18;1-13(2,3)10-8-7-9-11(12(10)15)14(4,5)6/h17H,2-16H2,1H3;7-9,15H,1-6H3. The Morgan fingerprint density at radius 1 is 0.676 bits per heavy atom. The summed E-state index contributed by atoms with van der Waals surface area (Å²) in [7, 11) is 0. The van der Waals surface area contributed by atoms with E-state index in [4.69, 9.17) is 0 Å². The van der Waals surface area contributed by atoms with E-state index in [1.807, 2.05) is 18.2 Å². The lowest BCUT2D eigenvalue weighted by atomic mass is 9.80. The van der Waals surface area contributed by atoms with Crippen LogP contribution in [-0.4, -0.2) is 18.2 Å². The van der Waals surface area contributed by atoms with E-state index in [-0.39, 0.29) is 10.8 Å². The van der Waals surface area contributed by atoms with Gasteiger partial charge in [0.2, 0.25) is 0 Å². The predicted octanol–water partition coefficient (Wildman–Crippen LogP) is 9.63. The number of para-hydroxylation sites is 1. The zero-order valence-corrected chi connectivity index (χ0v) is 23.7. The molecular weight excluding hydrogens is 420 g/mol. The number of hydrogen-bond acceptors (Lipinski definition) is 3. The van der Waals surface area contributed by atoms with E-state index < -0.39 is 0 Å². The van der Waals surface area contributed by atoms with Gasteiger partial charge in [0.15, 0.2) is 0 Å². The van der Waals surface area contributed by atoms with Crippen LogP contribution in [0.3, 0.4) is 0 Å². The van der Waals surface area contributed by atoms with Crippen LogP contribution in [0.1, 0.15) is 149 Å². The fourth-order valence-electron chi connectivity index (χ4n) is 4.18. The molecule has 0 amide bonds. The molecule has 0 aliphatic carbocycles. The molecular formula is C31H56O3. The maximum atomic E-state index is 10.3. The lowest BCUT2D eigenvalue weighted by Crippen LogP contribution is -2.16. The Kier molecular flexibility index (Phi) is 17.9. The molecule has 0 saturated carbocycles. The summed E-state index contributed by atoms with van der Waals surface area (Å²) < 4.78 is 4.66. The van der Waals surface area contributed by atoms with Crippen LogP contribution in [0.4, 0.5) is 0 Å². The van der Waals surface area contributed by atoms with Gasteiger partial charge in [-0.05, 0) is 28.4 Å². The van der Waals surface area contributed by atoms with Gasteiger partial charge >= 0.3 is 0 Å². The SMILES string of the molecule is CC(C)(C)c1cccc(C(C)(C)C)c1O.CCCCCCCCCCCCCCCCOC=O. The number of benzene rings is 1. The molecule has 0 unspecified atom stereocenters. The molecule has 1 N–H and O–H groups in total. The minimum Gasteiger partial charge on any atom is -0.507 e. The largest absolute Gasteiger partial charge is 0.507 e. The number of carbonyl (C=O) groups excluding carboxylic acids is 1. The Balaban J connectivity index is 0.000000657. The highest BCUT2D eigenvalue weighted by molar-refractivity contribution is 5.46. The minimum absolute atomic E-state index is 0.00859. The summed E-state index contributed by atoms with van der Waals surface area (Å²) in [5.74, 6) is 0.456. The second-order valence-electron chi connectivity index (χ2n) is 11.8. The van der Waals surface area contributed by atoms with Crippen LogP contribution >= 0.6 is 0 Å². The summed E-state index contributed by atoms with van der Waals surface area (Å²) in [5.41, 5.74) is 2.03. The molecule has 0 aromatic heterocycles. The van der Waals surface area contributed by atoms with Gasteiger partial charge in [-0.2, -0.15) is 0 Å². The smallest absolute Gasteiger partial charge is 0.293 e. The lowest BCUT2D eigenvalue weighted by molar-refractivity contribution is -0.128. The highest BCUT2D eigenvalue weighted by atomic mass is 16.5. The molecule has 0 heterocycles. The number of aromatic hydroxyl groups is 1. The minimum atomic E-state index is -0.00859. The van der Waals surface area contributed by atoms with E-state index in [9.17, 15) is 9.90 Å². The number of rotatable bonds is 16. The normalized spacial score (nSPS) is 11.6. The molecule has 0 spiro atoms. The van der Waals surface area contributed by atoms with E-state index in [0.29, 0.717) is 18.8 Å². The van der Waals surface area contributed by atoms with Crippen LogP contribution in [-0.2, 0) is 20.4 Å². The van der Waals surface area contributed by atoms with E-state index in [2.05, 4.69) is 53.2 Å². The average molecular weight is 477 g/mol. The fraction of sp³-hybridized carbons (Fsp3) is 0.774. The molecule has 1 aromatic carbocycles. The van der Waals surface area contributed by atoms with Crippen molar-refractivity contribution >= 4 is 6.47 Å². The molecule has 0 aliphatic heterocycles. The van der Waals surface area contributed by atoms with E-state index in [0.717, 1.165) is 17.5 Å². The Morgan fingerprint density at radius 2 is 1.03 bits per heavy atom. The van der Waals surface area contributed by atoms with Gasteiger partial charge in [-0.15, -0.1) is 0 Å². The number of phenolic OH excluding ortho intramolecular Hbond substituents is 1. The van der Waals surface area contributed by atoms with Crippen molar-refractivity contribution in [2.75, 3.05) is 6.61 Å². The van der Waals surface area contributed by atoms with Crippen molar-refractivity contribution in [1.82, 2.24) is 0 Å². The third kappa shape index (κ3) is 16.2. The predicted molar refractivity (Wildman–Crippen MR) is 148 cm³/mol. The van der Waals surface area contributed by atoms with Gasteiger partial charge < -0.3 is 9.84 Å². The molecule has 3 nitrogen and oxygen atoms in total. The molecule has 0 atom stereocenters. The van der Waals surface area contributed by atoms with Gasteiger partial charge in [-0.3, -0.25) is 4.79 Å². The number of unbranched alkanes of at least 4 members (excludes halogenated alkanes) is 13. The lowest BCUT2D eigenvalue weighted by Gasteiger charge is -2.26. The molecule has 0 fully saturated rings. The zero-order valence-electron chi connectivity index (χ0n) is 23.7. The Morgan fingerprint density at radius 3 is 1.35 bits per heavy atom. The number of carbonyl (C=O) groups is 1. The molecule has 0 radical (unpaired) electrons. The van der Waals surface area contributed by atoms with Gasteiger partial charge in [0.05, 0.1) is 6.61 Å². The second-order valence-corrected chi connectivity index (χ2v) is 11.8. The summed E-state index contributed by atoms with van der Waals surface area (Å²) in [5, 5.41) is 10.3. The quantitative estimate of drug-likeness (QED) is 0.191. The summed E-state index contributed by atoms with van der Waals surface area (Å²) >= 11 is 0. The Hall–Kier alpha value is -1.51. The Bertz CT molecular complexity index is 590. The molecule has 1 rings (SSSR count). The molecule has 0 bridgehead atoms. The van der Waals surface area contributed by atoms with Gasteiger partial charge in [-0.1, -0.05) is 150 Å². The van der Waals surface area contributed by atoms with Crippen molar-refractivity contribution < 1.29 is 14.6 Å². The number of phenols is 1. The second kappa shape index (κ2) is 18.8. The topological polar surface area (TPSA) is 46.5 Å². The maximum Gasteiger partial charge on any atom is 0.293 e. The summed E-state index contributed by atoms with van der Waals surface area (Å²) in [4.78, 5) is 9.92. The van der Waals surface area contributed by atoms with Gasteiger partial charge in [0.1, 0.15) is 5.75 Å². The average Bonchev–Trinajstić information content (AvgIpc) is 2.75. The van der Waals surface area contributed by atoms with Gasteiger partial charge in [0, 0.05) is 0 Å². The molecule has 3 heteroatoms. The first kappa shape index (κ1) is 32.5. The van der Waals surface area contributed by atoms with Crippen molar-refractivity contribution in [3.8, 4) is 5.75 Å². The number of ether oxygens (including phenoxy) is 1.